The van der Waals surface area contributed by atoms with Gasteiger partial charge < -0.3 is 10.3 Å². The van der Waals surface area contributed by atoms with Crippen molar-refractivity contribution in [3.8, 4) is 11.4 Å². The van der Waals surface area contributed by atoms with Crippen LogP contribution in [0.5, 0.6) is 0 Å². The molecule has 0 unspecified atom stereocenters. The summed E-state index contributed by atoms with van der Waals surface area (Å²) in [5.74, 6) is -1.94. The number of aromatic nitrogens is 7. The Kier molecular flexibility index (Phi) is 5.12. The third-order valence-corrected chi connectivity index (χ3v) is 4.95. The van der Waals surface area contributed by atoms with Crippen molar-refractivity contribution in [2.24, 2.45) is 0 Å². The van der Waals surface area contributed by atoms with E-state index >= 15 is 0 Å². The van der Waals surface area contributed by atoms with Gasteiger partial charge in [0, 0.05) is 5.69 Å². The molecule has 1 amide bonds. The second kappa shape index (κ2) is 8.16. The Labute approximate surface area is 191 Å². The normalized spacial score (nSPS) is 11.7. The average Bonchev–Trinajstić information content (AvgIpc) is 3.45. The number of H-pyrrole nitrogens is 1. The SMILES string of the molecule is O=C(Nc1ccc(-n2ncc3c(=O)[nH]cnc32)cc1)c1nnn(-c2cccc(F)c2)c1C(F)(F)F. The van der Waals surface area contributed by atoms with Crippen LogP contribution in [0.4, 0.5) is 23.2 Å². The lowest BCUT2D eigenvalue weighted by molar-refractivity contribution is -0.143. The largest absolute Gasteiger partial charge is 0.435 e. The zero-order chi connectivity index (χ0) is 24.7. The highest BCUT2D eigenvalue weighted by molar-refractivity contribution is 6.03. The maximum atomic E-state index is 13.8. The predicted octanol–water partition coefficient (Wildman–Crippen LogP) is 3.10. The molecule has 14 heteroatoms. The number of amides is 1. The zero-order valence-corrected chi connectivity index (χ0v) is 17.3. The second-order valence-electron chi connectivity index (χ2n) is 7.20. The topological polar surface area (TPSA) is 123 Å². The number of nitrogens with zero attached hydrogens (tertiary/aromatic N) is 6. The van der Waals surface area contributed by atoms with Gasteiger partial charge in [-0.2, -0.15) is 18.3 Å². The molecular weight excluding hydrogens is 472 g/mol. The minimum absolute atomic E-state index is 0.162. The van der Waals surface area contributed by atoms with Gasteiger partial charge >= 0.3 is 6.18 Å². The van der Waals surface area contributed by atoms with Crippen LogP contribution in [-0.2, 0) is 6.18 Å². The molecule has 0 aliphatic heterocycles. The highest BCUT2D eigenvalue weighted by atomic mass is 19.4. The molecule has 0 bridgehead atoms. The summed E-state index contributed by atoms with van der Waals surface area (Å²) in [6, 6.07) is 10.2. The number of carbonyl (C=O) groups is 1. The van der Waals surface area contributed by atoms with E-state index in [0.29, 0.717) is 16.0 Å². The van der Waals surface area contributed by atoms with Gasteiger partial charge in [-0.25, -0.2) is 18.7 Å². The number of carbonyl (C=O) groups excluding carboxylic acids is 1. The highest BCUT2D eigenvalue weighted by Crippen LogP contribution is 2.33. The van der Waals surface area contributed by atoms with Gasteiger partial charge in [0.05, 0.1) is 23.9 Å². The molecule has 5 aromatic rings. The van der Waals surface area contributed by atoms with E-state index in [0.717, 1.165) is 12.1 Å². The van der Waals surface area contributed by atoms with E-state index < -0.39 is 29.3 Å². The second-order valence-corrected chi connectivity index (χ2v) is 7.20. The number of halogens is 4. The first kappa shape index (κ1) is 21.9. The summed E-state index contributed by atoms with van der Waals surface area (Å²) >= 11 is 0. The molecule has 176 valence electrons. The van der Waals surface area contributed by atoms with Crippen LogP contribution >= 0.6 is 0 Å². The van der Waals surface area contributed by atoms with E-state index in [-0.39, 0.29) is 22.3 Å². The van der Waals surface area contributed by atoms with Gasteiger partial charge in [0.15, 0.2) is 17.0 Å². The lowest BCUT2D eigenvalue weighted by Gasteiger charge is -2.11. The maximum Gasteiger partial charge on any atom is 0.435 e. The molecule has 0 aliphatic carbocycles. The number of hydrogen-bond donors (Lipinski definition) is 2. The number of rotatable bonds is 4. The molecule has 10 nitrogen and oxygen atoms in total. The third kappa shape index (κ3) is 4.01. The van der Waals surface area contributed by atoms with Gasteiger partial charge in [0.1, 0.15) is 11.2 Å². The van der Waals surface area contributed by atoms with Crippen LogP contribution < -0.4 is 10.9 Å². The number of anilines is 1. The van der Waals surface area contributed by atoms with E-state index in [2.05, 4.69) is 30.7 Å². The Hall–Kier alpha value is -4.88. The molecular formula is C21H12F4N8O2. The monoisotopic (exact) mass is 484 g/mol. The van der Waals surface area contributed by atoms with E-state index in [1.807, 2.05) is 0 Å². The van der Waals surface area contributed by atoms with Crippen LogP contribution in [0.3, 0.4) is 0 Å². The van der Waals surface area contributed by atoms with Crippen LogP contribution in [0.25, 0.3) is 22.4 Å². The lowest BCUT2D eigenvalue weighted by Crippen LogP contribution is -2.21. The smallest absolute Gasteiger partial charge is 0.321 e. The molecule has 2 aromatic carbocycles. The summed E-state index contributed by atoms with van der Waals surface area (Å²) in [7, 11) is 0. The number of aromatic amines is 1. The molecule has 3 heterocycles. The van der Waals surface area contributed by atoms with Crippen molar-refractivity contribution in [2.75, 3.05) is 5.32 Å². The number of nitrogens with one attached hydrogen (secondary N) is 2. The Morgan fingerprint density at radius 2 is 1.80 bits per heavy atom. The zero-order valence-electron chi connectivity index (χ0n) is 17.3. The van der Waals surface area contributed by atoms with Gasteiger partial charge in [-0.15, -0.1) is 5.10 Å². The predicted molar refractivity (Wildman–Crippen MR) is 114 cm³/mol. The fraction of sp³-hybridized carbons (Fsp3) is 0.0476. The molecule has 0 radical (unpaired) electrons. The fourth-order valence-electron chi connectivity index (χ4n) is 3.40. The van der Waals surface area contributed by atoms with Gasteiger partial charge in [0.2, 0.25) is 0 Å². The molecule has 0 aliphatic rings. The quantitative estimate of drug-likeness (QED) is 0.378. The summed E-state index contributed by atoms with van der Waals surface area (Å²) in [5.41, 5.74) is -2.08. The van der Waals surface area contributed by atoms with Crippen molar-refractivity contribution in [3.63, 3.8) is 0 Å². The highest BCUT2D eigenvalue weighted by Gasteiger charge is 2.42. The van der Waals surface area contributed by atoms with E-state index in [1.165, 1.54) is 53.6 Å². The van der Waals surface area contributed by atoms with Crippen molar-refractivity contribution >= 4 is 22.6 Å². The maximum absolute atomic E-state index is 13.8. The summed E-state index contributed by atoms with van der Waals surface area (Å²) in [6.07, 6.45) is -2.43. The molecule has 2 N–H and O–H groups in total. The first-order chi connectivity index (χ1) is 16.7. The molecule has 35 heavy (non-hydrogen) atoms. The van der Waals surface area contributed by atoms with Crippen molar-refractivity contribution in [1.29, 1.82) is 0 Å². The van der Waals surface area contributed by atoms with Crippen molar-refractivity contribution < 1.29 is 22.4 Å². The standard InChI is InChI=1S/C21H12F4N8O2/c22-11-2-1-3-14(8-11)32-17(21(23,24)25)16(30-31-32)20(35)29-12-4-6-13(7-5-12)33-18-15(9-28-33)19(34)27-10-26-18/h1-10H,(H,29,35)(H,26,27,34). The van der Waals surface area contributed by atoms with Crippen LogP contribution in [0.1, 0.15) is 16.2 Å². The number of fused-ring (bicyclic) bond motifs is 1. The molecule has 0 saturated carbocycles. The molecule has 0 spiro atoms. The van der Waals surface area contributed by atoms with Crippen LogP contribution in [0.15, 0.2) is 65.8 Å². The Morgan fingerprint density at radius 1 is 1.03 bits per heavy atom. The van der Waals surface area contributed by atoms with Crippen molar-refractivity contribution in [2.45, 2.75) is 6.18 Å². The van der Waals surface area contributed by atoms with Crippen LogP contribution in [0.2, 0.25) is 0 Å². The molecule has 0 saturated heterocycles. The van der Waals surface area contributed by atoms with Gasteiger partial charge in [-0.1, -0.05) is 11.3 Å². The van der Waals surface area contributed by atoms with Crippen LogP contribution in [-0.4, -0.2) is 40.6 Å². The molecule has 0 atom stereocenters. The number of alkyl halides is 3. The summed E-state index contributed by atoms with van der Waals surface area (Å²) in [4.78, 5) is 31.0. The number of hydrogen-bond acceptors (Lipinski definition) is 6. The van der Waals surface area contributed by atoms with E-state index in [4.69, 9.17) is 0 Å². The Bertz CT molecular complexity index is 1620. The first-order valence-corrected chi connectivity index (χ1v) is 9.84. The summed E-state index contributed by atoms with van der Waals surface area (Å²) in [6.45, 7) is 0. The Balaban J connectivity index is 1.44. The van der Waals surface area contributed by atoms with Gasteiger partial charge in [0.25, 0.3) is 11.5 Å². The minimum Gasteiger partial charge on any atom is -0.321 e. The lowest BCUT2D eigenvalue weighted by atomic mass is 10.2. The third-order valence-electron chi connectivity index (χ3n) is 4.95. The first-order valence-electron chi connectivity index (χ1n) is 9.84. The van der Waals surface area contributed by atoms with E-state index in [1.54, 1.807) is 0 Å². The van der Waals surface area contributed by atoms with Crippen molar-refractivity contribution in [1.82, 2.24) is 34.7 Å². The van der Waals surface area contributed by atoms with Gasteiger partial charge in [-0.3, -0.25) is 9.59 Å². The van der Waals surface area contributed by atoms with Gasteiger partial charge in [-0.05, 0) is 42.5 Å². The van der Waals surface area contributed by atoms with Crippen molar-refractivity contribution in [3.05, 3.63) is 88.6 Å². The van der Waals surface area contributed by atoms with E-state index in [9.17, 15) is 27.2 Å². The average molecular weight is 484 g/mol. The summed E-state index contributed by atoms with van der Waals surface area (Å²) in [5, 5.41) is 13.5. The summed E-state index contributed by atoms with van der Waals surface area (Å²) < 4.78 is 56.6. The minimum atomic E-state index is -5.00. The van der Waals surface area contributed by atoms with Crippen LogP contribution in [0, 0.1) is 5.82 Å². The molecule has 3 aromatic heterocycles. The molecule has 0 fully saturated rings. The molecule has 5 rings (SSSR count). The number of benzene rings is 2. The fourth-order valence-corrected chi connectivity index (χ4v) is 3.40. The Morgan fingerprint density at radius 3 is 2.51 bits per heavy atom.